The molecule has 1 aromatic carbocycles. The summed E-state index contributed by atoms with van der Waals surface area (Å²) in [6.45, 7) is 10.1. The van der Waals surface area contributed by atoms with E-state index in [1.165, 1.54) is 43.2 Å². The Hall–Kier alpha value is -1.93. The summed E-state index contributed by atoms with van der Waals surface area (Å²) in [4.78, 5) is 14.7. The van der Waals surface area contributed by atoms with Crippen molar-refractivity contribution in [3.8, 4) is 5.69 Å². The van der Waals surface area contributed by atoms with Crippen molar-refractivity contribution >= 4 is 17.7 Å². The van der Waals surface area contributed by atoms with Crippen LogP contribution in [0, 0.1) is 5.82 Å². The Kier molecular flexibility index (Phi) is 6.95. The smallest absolute Gasteiger partial charge is 0.230 e. The van der Waals surface area contributed by atoms with Gasteiger partial charge in [-0.2, -0.15) is 0 Å². The molecule has 1 unspecified atom stereocenters. The van der Waals surface area contributed by atoms with Crippen LogP contribution >= 0.6 is 11.8 Å². The van der Waals surface area contributed by atoms with Gasteiger partial charge in [-0.25, -0.2) is 4.39 Å². The molecule has 29 heavy (non-hydrogen) atoms. The second kappa shape index (κ2) is 9.26. The zero-order chi connectivity index (χ0) is 21.0. The number of carbonyl (C=O) groups is 1. The SMILES string of the molecule is CC(c1nnc(SCC(=O)NC(C)(C)C)n1-c1ccc(F)cc1)N1CCCCC1. The molecular weight excluding hydrogens is 389 g/mol. The molecule has 1 atom stereocenters. The molecule has 0 spiro atoms. The molecule has 158 valence electrons. The topological polar surface area (TPSA) is 63.1 Å². The number of aromatic nitrogens is 3. The fourth-order valence-electron chi connectivity index (χ4n) is 3.53. The van der Waals surface area contributed by atoms with Crippen molar-refractivity contribution in [2.75, 3.05) is 18.8 Å². The first-order valence-electron chi connectivity index (χ1n) is 10.1. The van der Waals surface area contributed by atoms with Gasteiger partial charge in [0.1, 0.15) is 5.82 Å². The Morgan fingerprint density at radius 2 is 1.83 bits per heavy atom. The minimum atomic E-state index is -0.286. The molecule has 1 aliphatic heterocycles. The van der Waals surface area contributed by atoms with E-state index in [1.807, 2.05) is 25.3 Å². The molecule has 1 saturated heterocycles. The number of carbonyl (C=O) groups excluding carboxylic acids is 1. The number of hydrogen-bond acceptors (Lipinski definition) is 5. The van der Waals surface area contributed by atoms with Crippen LogP contribution in [-0.2, 0) is 4.79 Å². The molecular formula is C21H30FN5OS. The van der Waals surface area contributed by atoms with Crippen molar-refractivity contribution in [3.05, 3.63) is 35.9 Å². The summed E-state index contributed by atoms with van der Waals surface area (Å²) in [7, 11) is 0. The maximum Gasteiger partial charge on any atom is 0.230 e. The van der Waals surface area contributed by atoms with Gasteiger partial charge in [0.15, 0.2) is 11.0 Å². The molecule has 2 heterocycles. The van der Waals surface area contributed by atoms with Crippen LogP contribution in [0.2, 0.25) is 0 Å². The van der Waals surface area contributed by atoms with Crippen LogP contribution in [0.25, 0.3) is 5.69 Å². The van der Waals surface area contributed by atoms with E-state index in [1.54, 1.807) is 12.1 Å². The van der Waals surface area contributed by atoms with Crippen molar-refractivity contribution in [2.45, 2.75) is 63.7 Å². The summed E-state index contributed by atoms with van der Waals surface area (Å²) in [5, 5.41) is 12.4. The number of rotatable bonds is 6. The number of likely N-dealkylation sites (tertiary alicyclic amines) is 1. The highest BCUT2D eigenvalue weighted by atomic mass is 32.2. The van der Waals surface area contributed by atoms with E-state index in [9.17, 15) is 9.18 Å². The van der Waals surface area contributed by atoms with Crippen molar-refractivity contribution in [1.82, 2.24) is 25.0 Å². The Bertz CT molecular complexity index is 825. The maximum absolute atomic E-state index is 13.5. The second-order valence-electron chi connectivity index (χ2n) is 8.51. The standard InChI is InChI=1S/C21H30FN5OS/c1-15(26-12-6-5-7-13-26)19-24-25-20(29-14-18(28)23-21(2,3)4)27(19)17-10-8-16(22)9-11-17/h8-11,15H,5-7,12-14H2,1-4H3,(H,23,28). The van der Waals surface area contributed by atoms with Crippen molar-refractivity contribution < 1.29 is 9.18 Å². The average Bonchev–Trinajstić information content (AvgIpc) is 3.09. The zero-order valence-electron chi connectivity index (χ0n) is 17.6. The summed E-state index contributed by atoms with van der Waals surface area (Å²) in [5.74, 6) is 0.722. The number of benzene rings is 1. The van der Waals surface area contributed by atoms with Gasteiger partial charge in [-0.05, 0) is 77.9 Å². The lowest BCUT2D eigenvalue weighted by Gasteiger charge is -2.31. The van der Waals surface area contributed by atoms with Gasteiger partial charge >= 0.3 is 0 Å². The zero-order valence-corrected chi connectivity index (χ0v) is 18.4. The number of halogens is 1. The van der Waals surface area contributed by atoms with Crippen LogP contribution in [0.1, 0.15) is 58.8 Å². The molecule has 0 saturated carbocycles. The number of hydrogen-bond donors (Lipinski definition) is 1. The summed E-state index contributed by atoms with van der Waals surface area (Å²) < 4.78 is 15.4. The van der Waals surface area contributed by atoms with Crippen LogP contribution in [0.5, 0.6) is 0 Å². The number of piperidine rings is 1. The van der Waals surface area contributed by atoms with Gasteiger partial charge in [0.05, 0.1) is 11.8 Å². The third-order valence-corrected chi connectivity index (χ3v) is 5.83. The molecule has 0 bridgehead atoms. The summed E-state index contributed by atoms with van der Waals surface area (Å²) in [6, 6.07) is 6.41. The molecule has 8 heteroatoms. The third-order valence-electron chi connectivity index (χ3n) is 4.90. The number of nitrogens with one attached hydrogen (secondary N) is 1. The van der Waals surface area contributed by atoms with Gasteiger partial charge in [-0.3, -0.25) is 14.3 Å². The summed E-state index contributed by atoms with van der Waals surface area (Å²) >= 11 is 1.34. The number of nitrogens with zero attached hydrogens (tertiary/aromatic N) is 4. The minimum Gasteiger partial charge on any atom is -0.351 e. The highest BCUT2D eigenvalue weighted by Gasteiger charge is 2.26. The van der Waals surface area contributed by atoms with E-state index in [4.69, 9.17) is 0 Å². The van der Waals surface area contributed by atoms with Gasteiger partial charge in [0.25, 0.3) is 0 Å². The van der Waals surface area contributed by atoms with Crippen LogP contribution in [0.4, 0.5) is 4.39 Å². The molecule has 1 amide bonds. The van der Waals surface area contributed by atoms with E-state index in [0.29, 0.717) is 5.16 Å². The lowest BCUT2D eigenvalue weighted by Crippen LogP contribution is -2.41. The fraction of sp³-hybridized carbons (Fsp3) is 0.571. The van der Waals surface area contributed by atoms with Crippen LogP contribution in [0.3, 0.4) is 0 Å². The molecule has 1 N–H and O–H groups in total. The molecule has 0 radical (unpaired) electrons. The van der Waals surface area contributed by atoms with Crippen LogP contribution in [-0.4, -0.2) is 50.0 Å². The van der Waals surface area contributed by atoms with Gasteiger partial charge < -0.3 is 5.32 Å². The summed E-state index contributed by atoms with van der Waals surface area (Å²) in [6.07, 6.45) is 3.63. The average molecular weight is 420 g/mol. The largest absolute Gasteiger partial charge is 0.351 e. The van der Waals surface area contributed by atoms with Crippen molar-refractivity contribution in [2.24, 2.45) is 0 Å². The van der Waals surface area contributed by atoms with Crippen LogP contribution < -0.4 is 5.32 Å². The van der Waals surface area contributed by atoms with Gasteiger partial charge in [0, 0.05) is 11.2 Å². The quantitative estimate of drug-likeness (QED) is 0.718. The van der Waals surface area contributed by atoms with E-state index in [-0.39, 0.29) is 29.1 Å². The molecule has 6 nitrogen and oxygen atoms in total. The third kappa shape index (κ3) is 5.79. The second-order valence-corrected chi connectivity index (χ2v) is 9.45. The molecule has 3 rings (SSSR count). The summed E-state index contributed by atoms with van der Waals surface area (Å²) in [5.41, 5.74) is 0.518. The first-order valence-corrected chi connectivity index (χ1v) is 11.1. The van der Waals surface area contributed by atoms with E-state index in [0.717, 1.165) is 24.6 Å². The van der Waals surface area contributed by atoms with E-state index >= 15 is 0 Å². The lowest BCUT2D eigenvalue weighted by molar-refractivity contribution is -0.119. The lowest BCUT2D eigenvalue weighted by atomic mass is 10.1. The number of amides is 1. The highest BCUT2D eigenvalue weighted by molar-refractivity contribution is 7.99. The highest BCUT2D eigenvalue weighted by Crippen LogP contribution is 2.29. The Labute approximate surface area is 176 Å². The fourth-order valence-corrected chi connectivity index (χ4v) is 4.29. The molecule has 1 aromatic heterocycles. The first-order chi connectivity index (χ1) is 13.7. The molecule has 2 aromatic rings. The predicted molar refractivity (Wildman–Crippen MR) is 114 cm³/mol. The monoisotopic (exact) mass is 419 g/mol. The Balaban J connectivity index is 1.86. The Morgan fingerprint density at radius 3 is 2.45 bits per heavy atom. The number of thioether (sulfide) groups is 1. The normalized spacial score (nSPS) is 16.6. The van der Waals surface area contributed by atoms with Gasteiger partial charge in [-0.1, -0.05) is 18.2 Å². The Morgan fingerprint density at radius 1 is 1.17 bits per heavy atom. The minimum absolute atomic E-state index is 0.0539. The molecule has 1 fully saturated rings. The first kappa shape index (κ1) is 21.8. The molecule has 0 aliphatic carbocycles. The maximum atomic E-state index is 13.5. The van der Waals surface area contributed by atoms with Crippen molar-refractivity contribution in [3.63, 3.8) is 0 Å². The van der Waals surface area contributed by atoms with Gasteiger partial charge in [-0.15, -0.1) is 10.2 Å². The molecule has 1 aliphatic rings. The van der Waals surface area contributed by atoms with Crippen LogP contribution in [0.15, 0.2) is 29.4 Å². The van der Waals surface area contributed by atoms with Gasteiger partial charge in [0.2, 0.25) is 5.91 Å². The van der Waals surface area contributed by atoms with E-state index < -0.39 is 0 Å². The van der Waals surface area contributed by atoms with E-state index in [2.05, 4.69) is 27.3 Å². The predicted octanol–water partition coefficient (Wildman–Crippen LogP) is 3.96. The van der Waals surface area contributed by atoms with Crippen molar-refractivity contribution in [1.29, 1.82) is 0 Å².